The number of amides is 2. The molecule has 338 valence electrons. The highest BCUT2D eigenvalue weighted by Crippen LogP contribution is 2.37. The molecule has 14 nitrogen and oxygen atoms in total. The highest BCUT2D eigenvalue weighted by molar-refractivity contribution is 7.19. The van der Waals surface area contributed by atoms with E-state index >= 15 is 0 Å². The number of nitrogens with one attached hydrogen (secondary N) is 4. The molecule has 0 radical (unpaired) electrons. The molecule has 2 aliphatic heterocycles. The molecule has 10 rings (SSSR count). The molecular formula is C49H58N12O2S2. The highest BCUT2D eigenvalue weighted by Gasteiger charge is 2.22. The van der Waals surface area contributed by atoms with Crippen molar-refractivity contribution in [3.05, 3.63) is 95.8 Å². The molecule has 2 amide bonds. The van der Waals surface area contributed by atoms with Crippen molar-refractivity contribution in [1.82, 2.24) is 40.5 Å². The second-order valence-electron chi connectivity index (χ2n) is 17.6. The second-order valence-corrected chi connectivity index (χ2v) is 19.6. The number of aromatic nitrogens is 6. The lowest BCUT2D eigenvalue weighted by Crippen LogP contribution is -2.32. The Morgan fingerprint density at radius 2 is 1.02 bits per heavy atom. The fourth-order valence-electron chi connectivity index (χ4n) is 9.22. The molecule has 0 unspecified atom stereocenters. The van der Waals surface area contributed by atoms with E-state index in [1.165, 1.54) is 57.8 Å². The molecule has 0 spiro atoms. The van der Waals surface area contributed by atoms with Crippen LogP contribution in [0.4, 0.5) is 33.5 Å². The maximum Gasteiger partial charge on any atom is 0.239 e. The quantitative estimate of drug-likeness (QED) is 0.103. The molecular weight excluding hydrogens is 853 g/mol. The molecule has 2 aliphatic carbocycles. The Morgan fingerprint density at radius 3 is 1.48 bits per heavy atom. The number of thiazole rings is 2. The Bertz CT molecular complexity index is 2580. The van der Waals surface area contributed by atoms with E-state index in [4.69, 9.17) is 9.97 Å². The Labute approximate surface area is 389 Å². The number of carbonyl (C=O) groups is 2. The van der Waals surface area contributed by atoms with E-state index in [1.807, 2.05) is 30.9 Å². The molecule has 6 heterocycles. The number of carbonyl (C=O) groups excluding carboxylic acids is 2. The number of rotatable bonds is 10. The third-order valence-corrected chi connectivity index (χ3v) is 14.7. The van der Waals surface area contributed by atoms with Crippen LogP contribution in [0.25, 0.3) is 20.9 Å². The lowest BCUT2D eigenvalue weighted by atomic mass is 9.87. The van der Waals surface area contributed by atoms with Crippen LogP contribution in [0.15, 0.2) is 73.3 Å². The lowest BCUT2D eigenvalue weighted by molar-refractivity contribution is -0.120. The highest BCUT2D eigenvalue weighted by atomic mass is 32.1. The Hall–Kier alpha value is -6.00. The minimum Gasteiger partial charge on any atom is -0.354 e. The number of hydrogen-bond donors (Lipinski definition) is 4. The number of hydrogen-bond acceptors (Lipinski definition) is 14. The summed E-state index contributed by atoms with van der Waals surface area (Å²) in [5, 5.41) is 14.4. The molecule has 6 aromatic rings. The summed E-state index contributed by atoms with van der Waals surface area (Å²) in [5.41, 5.74) is 8.73. The Balaban J connectivity index is 0.000000164. The molecule has 0 bridgehead atoms. The zero-order valence-corrected chi connectivity index (χ0v) is 38.9. The van der Waals surface area contributed by atoms with E-state index in [0.717, 1.165) is 104 Å². The third-order valence-electron chi connectivity index (χ3n) is 12.4. The van der Waals surface area contributed by atoms with Crippen LogP contribution in [0, 0.1) is 13.8 Å². The summed E-state index contributed by atoms with van der Waals surface area (Å²) in [7, 11) is 0. The number of benzene rings is 2. The van der Waals surface area contributed by atoms with Crippen LogP contribution in [0.3, 0.4) is 0 Å². The van der Waals surface area contributed by atoms with Crippen molar-refractivity contribution in [3.63, 3.8) is 0 Å². The summed E-state index contributed by atoms with van der Waals surface area (Å²) < 4.78 is 0. The van der Waals surface area contributed by atoms with Gasteiger partial charge >= 0.3 is 0 Å². The molecule has 0 atom stereocenters. The molecule has 65 heavy (non-hydrogen) atoms. The minimum absolute atomic E-state index is 0.0566. The summed E-state index contributed by atoms with van der Waals surface area (Å²) in [4.78, 5) is 57.9. The van der Waals surface area contributed by atoms with E-state index in [2.05, 4.69) is 107 Å². The van der Waals surface area contributed by atoms with Crippen molar-refractivity contribution >= 4 is 68.0 Å². The van der Waals surface area contributed by atoms with Crippen molar-refractivity contribution in [3.8, 4) is 20.9 Å². The average Bonchev–Trinajstić information content (AvgIpc) is 4.08. The van der Waals surface area contributed by atoms with E-state index < -0.39 is 0 Å². The van der Waals surface area contributed by atoms with Gasteiger partial charge in [0.15, 0.2) is 10.3 Å². The molecule has 2 saturated heterocycles. The van der Waals surface area contributed by atoms with Crippen molar-refractivity contribution in [1.29, 1.82) is 0 Å². The number of aryl methyl sites for hydroxylation is 2. The minimum atomic E-state index is 0.0566. The van der Waals surface area contributed by atoms with Gasteiger partial charge in [-0.2, -0.15) is 0 Å². The van der Waals surface area contributed by atoms with Crippen molar-refractivity contribution in [2.24, 2.45) is 0 Å². The maximum absolute atomic E-state index is 11.9. The lowest BCUT2D eigenvalue weighted by Gasteiger charge is -2.21. The second kappa shape index (κ2) is 20.9. The molecule has 2 aromatic carbocycles. The Morgan fingerprint density at radius 1 is 0.569 bits per heavy atom. The van der Waals surface area contributed by atoms with Gasteiger partial charge in [0.1, 0.15) is 0 Å². The molecule has 4 aromatic heterocycles. The zero-order valence-electron chi connectivity index (χ0n) is 37.3. The Kier molecular flexibility index (Phi) is 14.2. The van der Waals surface area contributed by atoms with Crippen LogP contribution in [0.2, 0.25) is 0 Å². The van der Waals surface area contributed by atoms with E-state index in [1.54, 1.807) is 22.7 Å². The first kappa shape index (κ1) is 44.2. The van der Waals surface area contributed by atoms with Gasteiger partial charge in [0.05, 0.1) is 22.8 Å². The monoisotopic (exact) mass is 910 g/mol. The van der Waals surface area contributed by atoms with Crippen LogP contribution in [0.1, 0.15) is 105 Å². The van der Waals surface area contributed by atoms with Crippen molar-refractivity contribution in [2.75, 3.05) is 59.7 Å². The van der Waals surface area contributed by atoms with Gasteiger partial charge < -0.3 is 31.1 Å². The topological polar surface area (TPSA) is 166 Å². The van der Waals surface area contributed by atoms with Crippen molar-refractivity contribution in [2.45, 2.75) is 96.3 Å². The molecule has 4 fully saturated rings. The first-order valence-electron chi connectivity index (χ1n) is 23.2. The maximum atomic E-state index is 11.9. The van der Waals surface area contributed by atoms with E-state index in [9.17, 15) is 9.59 Å². The SMILES string of the molecule is Cc1cc(Nc2nccc(C3CCCC3)n2)cc(-c2cnc(N3CCCNC(=O)C3)s2)c1.Cc1cc(Nc2nccc(C3CCCCC3)n2)cc(-c2cnc(N3CCCNC(=O)C3)s2)c1. The van der Waals surface area contributed by atoms with Gasteiger partial charge in [-0.15, -0.1) is 0 Å². The summed E-state index contributed by atoms with van der Waals surface area (Å²) in [6.07, 6.45) is 20.8. The zero-order chi connectivity index (χ0) is 44.5. The largest absolute Gasteiger partial charge is 0.354 e. The number of anilines is 6. The first-order chi connectivity index (χ1) is 31.8. The smallest absolute Gasteiger partial charge is 0.239 e. The van der Waals surface area contributed by atoms with Gasteiger partial charge in [-0.05, 0) is 111 Å². The first-order valence-corrected chi connectivity index (χ1v) is 24.8. The van der Waals surface area contributed by atoms with Crippen molar-refractivity contribution < 1.29 is 9.59 Å². The number of nitrogens with zero attached hydrogens (tertiary/aromatic N) is 8. The van der Waals surface area contributed by atoms with Gasteiger partial charge in [0.2, 0.25) is 23.7 Å². The van der Waals surface area contributed by atoms with Gasteiger partial charge in [0, 0.05) is 85.6 Å². The van der Waals surface area contributed by atoms with Gasteiger partial charge in [-0.3, -0.25) is 9.59 Å². The fourth-order valence-corrected chi connectivity index (χ4v) is 11.1. The summed E-state index contributed by atoms with van der Waals surface area (Å²) in [6, 6.07) is 16.9. The fraction of sp³-hybridized carbons (Fsp3) is 0.429. The molecule has 4 aliphatic rings. The predicted molar refractivity (Wildman–Crippen MR) is 262 cm³/mol. The van der Waals surface area contributed by atoms with Crippen LogP contribution < -0.4 is 31.1 Å². The van der Waals surface area contributed by atoms with E-state index in [-0.39, 0.29) is 11.8 Å². The van der Waals surface area contributed by atoms with Crippen LogP contribution >= 0.6 is 22.7 Å². The third kappa shape index (κ3) is 11.6. The summed E-state index contributed by atoms with van der Waals surface area (Å²) in [5.74, 6) is 2.51. The normalized spacial score (nSPS) is 17.4. The van der Waals surface area contributed by atoms with Crippen LogP contribution in [-0.2, 0) is 9.59 Å². The van der Waals surface area contributed by atoms with Gasteiger partial charge in [0.25, 0.3) is 0 Å². The standard InChI is InChI=1S/C25H30N6OS.C24H28N6OS/c1-17-12-19(22-15-28-25(33-22)31-11-5-9-26-23(32)16-31)14-20(13-17)29-24-27-10-8-21(30-24)18-6-3-2-4-7-18;1-16-11-18(21-14-27-24(32-21)30-10-4-8-25-22(31)15-30)13-19(12-16)28-23-26-9-7-20(29-23)17-5-2-3-6-17/h8,10,12-15,18H,2-7,9,11,16H2,1H3,(H,26,32)(H,27,29,30);7,9,11-14,17H,2-6,8,10,15H2,1H3,(H,25,31)(H,26,28,29). The summed E-state index contributed by atoms with van der Waals surface area (Å²) >= 11 is 3.25. The van der Waals surface area contributed by atoms with Gasteiger partial charge in [-0.1, -0.05) is 66.9 Å². The molecule has 4 N–H and O–H groups in total. The van der Waals surface area contributed by atoms with Gasteiger partial charge in [-0.25, -0.2) is 29.9 Å². The summed E-state index contributed by atoms with van der Waals surface area (Å²) in [6.45, 7) is 8.03. The average molecular weight is 911 g/mol. The molecule has 2 saturated carbocycles. The van der Waals surface area contributed by atoms with Crippen LogP contribution in [0.5, 0.6) is 0 Å². The van der Waals surface area contributed by atoms with Crippen LogP contribution in [-0.4, -0.2) is 81.0 Å². The van der Waals surface area contributed by atoms with E-state index in [0.29, 0.717) is 36.8 Å². The molecule has 16 heteroatoms. The predicted octanol–water partition coefficient (Wildman–Crippen LogP) is 9.66.